The van der Waals surface area contributed by atoms with Gasteiger partial charge in [-0.1, -0.05) is 11.2 Å². The number of nitrogens with one attached hydrogen (secondary N) is 1. The second-order valence-corrected chi connectivity index (χ2v) is 2.92. The molecule has 0 heterocycles. The number of anilines is 1. The lowest BCUT2D eigenvalue weighted by Gasteiger charge is -2.04. The summed E-state index contributed by atoms with van der Waals surface area (Å²) in [7, 11) is 0. The molecular weight excluding hydrogens is 199 g/mol. The van der Waals surface area contributed by atoms with Crippen LogP contribution in [0.15, 0.2) is 23.3 Å². The molecule has 0 aliphatic heterocycles. The third-order valence-corrected chi connectivity index (χ3v) is 1.68. The quantitative estimate of drug-likeness (QED) is 0.462. The van der Waals surface area contributed by atoms with Gasteiger partial charge in [0.25, 0.3) is 0 Å². The van der Waals surface area contributed by atoms with E-state index in [-0.39, 0.29) is 12.2 Å². The molecule has 1 N–H and O–H groups in total. The van der Waals surface area contributed by atoms with Crippen LogP contribution in [-0.4, -0.2) is 12.5 Å². The number of benzene rings is 1. The van der Waals surface area contributed by atoms with Crippen molar-refractivity contribution in [3.05, 3.63) is 40.0 Å². The fourth-order valence-electron chi connectivity index (χ4n) is 1.01. The molecule has 0 atom stereocenters. The molecule has 5 nitrogen and oxygen atoms in total. The van der Waals surface area contributed by atoms with Crippen LogP contribution in [0.1, 0.15) is 5.56 Å². The van der Waals surface area contributed by atoms with Crippen LogP contribution in [0.4, 0.5) is 10.1 Å². The highest BCUT2D eigenvalue weighted by atomic mass is 19.1. The number of azide groups is 1. The zero-order valence-corrected chi connectivity index (χ0v) is 8.07. The van der Waals surface area contributed by atoms with Crippen LogP contribution in [0.3, 0.4) is 0 Å². The minimum absolute atomic E-state index is 0.0822. The van der Waals surface area contributed by atoms with Gasteiger partial charge in [0, 0.05) is 4.91 Å². The van der Waals surface area contributed by atoms with E-state index in [2.05, 4.69) is 15.3 Å². The van der Waals surface area contributed by atoms with Crippen LogP contribution in [0.5, 0.6) is 0 Å². The summed E-state index contributed by atoms with van der Waals surface area (Å²) in [5, 5.41) is 5.35. The second-order valence-electron chi connectivity index (χ2n) is 2.92. The van der Waals surface area contributed by atoms with Gasteiger partial charge in [-0.15, -0.1) is 0 Å². The van der Waals surface area contributed by atoms with Gasteiger partial charge in [0.1, 0.15) is 12.4 Å². The smallest absolute Gasteiger partial charge is 0.230 e. The van der Waals surface area contributed by atoms with Crippen molar-refractivity contribution in [2.24, 2.45) is 5.11 Å². The zero-order valence-electron chi connectivity index (χ0n) is 8.07. The Morgan fingerprint density at radius 2 is 2.40 bits per heavy atom. The normalized spacial score (nSPS) is 9.20. The van der Waals surface area contributed by atoms with Crippen LogP contribution >= 0.6 is 0 Å². The number of carbonyl (C=O) groups excluding carboxylic acids is 1. The number of hydrogen-bond acceptors (Lipinski definition) is 2. The van der Waals surface area contributed by atoms with Gasteiger partial charge in [0.2, 0.25) is 5.91 Å². The molecule has 1 amide bonds. The van der Waals surface area contributed by atoms with E-state index < -0.39 is 11.7 Å². The van der Waals surface area contributed by atoms with Crippen LogP contribution in [-0.2, 0) is 4.79 Å². The molecular formula is C9H9FN4O. The number of rotatable bonds is 3. The van der Waals surface area contributed by atoms with Gasteiger partial charge in [-0.2, -0.15) is 0 Å². The molecule has 0 spiro atoms. The van der Waals surface area contributed by atoms with Crippen molar-refractivity contribution in [2.45, 2.75) is 6.92 Å². The number of nitrogens with zero attached hydrogens (tertiary/aromatic N) is 3. The Morgan fingerprint density at radius 3 is 3.00 bits per heavy atom. The van der Waals surface area contributed by atoms with Gasteiger partial charge < -0.3 is 5.32 Å². The Kier molecular flexibility index (Phi) is 3.65. The molecule has 1 aromatic rings. The van der Waals surface area contributed by atoms with E-state index in [1.54, 1.807) is 13.0 Å². The molecule has 1 aromatic carbocycles. The highest BCUT2D eigenvalue weighted by Crippen LogP contribution is 2.14. The number of halogens is 1. The zero-order chi connectivity index (χ0) is 11.3. The van der Waals surface area contributed by atoms with Crippen molar-refractivity contribution in [1.82, 2.24) is 0 Å². The van der Waals surface area contributed by atoms with Crippen molar-refractivity contribution in [3.8, 4) is 0 Å². The van der Waals surface area contributed by atoms with Crippen molar-refractivity contribution in [3.63, 3.8) is 0 Å². The molecule has 6 heteroatoms. The molecule has 0 radical (unpaired) electrons. The lowest BCUT2D eigenvalue weighted by atomic mass is 10.2. The van der Waals surface area contributed by atoms with Crippen LogP contribution < -0.4 is 5.32 Å². The lowest BCUT2D eigenvalue weighted by Crippen LogP contribution is -2.15. The molecule has 0 fully saturated rings. The van der Waals surface area contributed by atoms with E-state index in [1.165, 1.54) is 12.1 Å². The first-order valence-electron chi connectivity index (χ1n) is 4.20. The van der Waals surface area contributed by atoms with Gasteiger partial charge >= 0.3 is 0 Å². The number of hydrogen-bond donors (Lipinski definition) is 1. The average molecular weight is 208 g/mol. The number of aryl methyl sites for hydroxylation is 1. The average Bonchev–Trinajstić information content (AvgIpc) is 2.19. The Hall–Kier alpha value is -2.07. The second kappa shape index (κ2) is 4.97. The Balaban J connectivity index is 2.72. The summed E-state index contributed by atoms with van der Waals surface area (Å²) in [4.78, 5) is 13.5. The molecule has 0 saturated heterocycles. The summed E-state index contributed by atoms with van der Waals surface area (Å²) in [5.41, 5.74) is 8.82. The van der Waals surface area contributed by atoms with Crippen LogP contribution in [0, 0.1) is 12.7 Å². The van der Waals surface area contributed by atoms with Gasteiger partial charge in [-0.25, -0.2) is 4.39 Å². The third-order valence-electron chi connectivity index (χ3n) is 1.68. The molecule has 1 rings (SSSR count). The minimum Gasteiger partial charge on any atom is -0.323 e. The maximum atomic E-state index is 13.2. The van der Waals surface area contributed by atoms with Crippen molar-refractivity contribution >= 4 is 11.6 Å². The third kappa shape index (κ3) is 3.28. The van der Waals surface area contributed by atoms with Gasteiger partial charge in [-0.05, 0) is 30.2 Å². The lowest BCUT2D eigenvalue weighted by molar-refractivity contribution is -0.114. The molecule has 78 valence electrons. The fraction of sp³-hybridized carbons (Fsp3) is 0.222. The maximum Gasteiger partial charge on any atom is 0.230 e. The van der Waals surface area contributed by atoms with Crippen molar-refractivity contribution < 1.29 is 9.18 Å². The molecule has 0 aromatic heterocycles. The van der Waals surface area contributed by atoms with E-state index in [9.17, 15) is 9.18 Å². The topological polar surface area (TPSA) is 77.9 Å². The Labute approximate surface area is 85.5 Å². The monoisotopic (exact) mass is 208 g/mol. The van der Waals surface area contributed by atoms with Crippen LogP contribution in [0.2, 0.25) is 0 Å². The Bertz CT molecular complexity index is 426. The fourth-order valence-corrected chi connectivity index (χ4v) is 1.01. The predicted octanol–water partition coefficient (Wildman–Crippen LogP) is 2.38. The van der Waals surface area contributed by atoms with E-state index >= 15 is 0 Å². The van der Waals surface area contributed by atoms with E-state index in [1.807, 2.05) is 0 Å². The Morgan fingerprint density at radius 1 is 1.67 bits per heavy atom. The summed E-state index contributed by atoms with van der Waals surface area (Å²) in [6.07, 6.45) is 0. The summed E-state index contributed by atoms with van der Waals surface area (Å²) in [5.74, 6) is -1.06. The number of carbonyl (C=O) groups is 1. The summed E-state index contributed by atoms with van der Waals surface area (Å²) >= 11 is 0. The highest BCUT2D eigenvalue weighted by molar-refractivity contribution is 5.92. The molecule has 0 unspecified atom stereocenters. The summed E-state index contributed by atoms with van der Waals surface area (Å²) in [6.45, 7) is 1.40. The first-order valence-corrected chi connectivity index (χ1v) is 4.20. The molecule has 0 bridgehead atoms. The largest absolute Gasteiger partial charge is 0.323 e. The first kappa shape index (κ1) is 11.0. The van der Waals surface area contributed by atoms with Gasteiger partial charge in [-0.3, -0.25) is 4.79 Å². The standard InChI is InChI=1S/C9H9FN4O/c1-6-2-3-8(7(10)4-6)13-9(15)5-12-14-11/h2-4H,5H2,1H3,(H,13,15). The summed E-state index contributed by atoms with van der Waals surface area (Å²) < 4.78 is 13.2. The molecule has 0 saturated carbocycles. The minimum atomic E-state index is -0.546. The molecule has 0 aliphatic carbocycles. The maximum absolute atomic E-state index is 13.2. The molecule has 15 heavy (non-hydrogen) atoms. The van der Waals surface area contributed by atoms with Gasteiger partial charge in [0.15, 0.2) is 0 Å². The van der Waals surface area contributed by atoms with Crippen LogP contribution in [0.25, 0.3) is 10.4 Å². The van der Waals surface area contributed by atoms with E-state index in [4.69, 9.17) is 5.53 Å². The van der Waals surface area contributed by atoms with Crippen molar-refractivity contribution in [1.29, 1.82) is 0 Å². The highest BCUT2D eigenvalue weighted by Gasteiger charge is 2.05. The van der Waals surface area contributed by atoms with E-state index in [0.29, 0.717) is 0 Å². The van der Waals surface area contributed by atoms with Gasteiger partial charge in [0.05, 0.1) is 5.69 Å². The SMILES string of the molecule is Cc1ccc(NC(=O)CN=[N+]=[N-])c(F)c1. The number of amides is 1. The first-order chi connectivity index (χ1) is 7.13. The predicted molar refractivity (Wildman–Crippen MR) is 53.8 cm³/mol. The van der Waals surface area contributed by atoms with Crippen molar-refractivity contribution in [2.75, 3.05) is 11.9 Å². The summed E-state index contributed by atoms with van der Waals surface area (Å²) in [6, 6.07) is 4.44. The van der Waals surface area contributed by atoms with E-state index in [0.717, 1.165) is 5.56 Å². The molecule has 0 aliphatic rings.